The molecule has 0 saturated heterocycles. The molecule has 0 saturated carbocycles. The fourth-order valence-electron chi connectivity index (χ4n) is 2.71. The summed E-state index contributed by atoms with van der Waals surface area (Å²) in [6.45, 7) is 6.70. The predicted octanol–water partition coefficient (Wildman–Crippen LogP) is 3.15. The summed E-state index contributed by atoms with van der Waals surface area (Å²) in [5, 5.41) is 10.3. The molecule has 0 aliphatic carbocycles. The number of anilines is 2. The summed E-state index contributed by atoms with van der Waals surface area (Å²) >= 11 is 0. The number of rotatable bonds is 6. The van der Waals surface area contributed by atoms with Crippen molar-refractivity contribution in [1.82, 2.24) is 10.6 Å². The van der Waals surface area contributed by atoms with E-state index < -0.39 is 29.6 Å². The maximum Gasteiger partial charge on any atom is 0.412 e. The zero-order valence-corrected chi connectivity index (χ0v) is 18.7. The molecule has 0 aliphatic rings. The monoisotopic (exact) mass is 440 g/mol. The lowest BCUT2D eigenvalue weighted by molar-refractivity contribution is -0.117. The van der Waals surface area contributed by atoms with E-state index in [1.54, 1.807) is 63.2 Å². The van der Waals surface area contributed by atoms with Crippen molar-refractivity contribution >= 4 is 35.2 Å². The molecule has 4 amide bonds. The summed E-state index contributed by atoms with van der Waals surface area (Å²) in [7, 11) is 1.49. The van der Waals surface area contributed by atoms with Crippen LogP contribution in [0.3, 0.4) is 0 Å². The van der Waals surface area contributed by atoms with Gasteiger partial charge in [-0.2, -0.15) is 0 Å². The third-order valence-electron chi connectivity index (χ3n) is 4.20. The molecule has 0 aliphatic heterocycles. The highest BCUT2D eigenvalue weighted by Crippen LogP contribution is 2.18. The zero-order valence-electron chi connectivity index (χ0n) is 18.7. The van der Waals surface area contributed by atoms with Crippen LogP contribution < -0.4 is 21.3 Å². The normalized spacial score (nSPS) is 11.7. The molecule has 170 valence electrons. The van der Waals surface area contributed by atoms with Gasteiger partial charge in [-0.05, 0) is 52.0 Å². The highest BCUT2D eigenvalue weighted by molar-refractivity contribution is 6.07. The van der Waals surface area contributed by atoms with Crippen LogP contribution in [0.5, 0.6) is 0 Å². The first-order chi connectivity index (χ1) is 15.0. The average molecular weight is 441 g/mol. The van der Waals surface area contributed by atoms with Crippen LogP contribution in [0.2, 0.25) is 0 Å². The van der Waals surface area contributed by atoms with E-state index in [0.717, 1.165) is 0 Å². The van der Waals surface area contributed by atoms with E-state index in [1.165, 1.54) is 20.0 Å². The summed E-state index contributed by atoms with van der Waals surface area (Å²) in [5.74, 6) is -1.41. The third kappa shape index (κ3) is 6.83. The number of ether oxygens (including phenoxy) is 1. The Morgan fingerprint density at radius 2 is 1.31 bits per heavy atom. The van der Waals surface area contributed by atoms with E-state index in [-0.39, 0.29) is 17.2 Å². The molecule has 0 bridgehead atoms. The maximum atomic E-state index is 12.8. The number of benzene rings is 2. The standard InChI is InChI=1S/C23H28N4O5/c1-14(19(28)26-17-12-8-6-10-15(17)20(29)24-5)25-21(30)16-11-7-9-13-18(16)27-22(31)32-23(2,3)4/h6-14H,1-5H3,(H,24,29)(H,25,30)(H,26,28)(H,27,31)/t14-/m0/s1. The molecule has 0 unspecified atom stereocenters. The number of carbonyl (C=O) groups is 4. The summed E-state index contributed by atoms with van der Waals surface area (Å²) in [5.41, 5.74) is 0.345. The molecule has 4 N–H and O–H groups in total. The Labute approximate surface area is 186 Å². The van der Waals surface area contributed by atoms with E-state index in [2.05, 4.69) is 21.3 Å². The highest BCUT2D eigenvalue weighted by atomic mass is 16.6. The number of carbonyl (C=O) groups excluding carboxylic acids is 4. The van der Waals surface area contributed by atoms with E-state index in [4.69, 9.17) is 4.74 Å². The maximum absolute atomic E-state index is 12.8. The van der Waals surface area contributed by atoms with Crippen LogP contribution in [0.15, 0.2) is 48.5 Å². The Balaban J connectivity index is 2.09. The second-order valence-corrected chi connectivity index (χ2v) is 7.98. The number of amides is 4. The van der Waals surface area contributed by atoms with Gasteiger partial charge >= 0.3 is 6.09 Å². The summed E-state index contributed by atoms with van der Waals surface area (Å²) in [6, 6.07) is 12.0. The van der Waals surface area contributed by atoms with Crippen LogP contribution >= 0.6 is 0 Å². The lowest BCUT2D eigenvalue weighted by atomic mass is 10.1. The Morgan fingerprint density at radius 3 is 1.84 bits per heavy atom. The highest BCUT2D eigenvalue weighted by Gasteiger charge is 2.22. The molecule has 1 atom stereocenters. The van der Waals surface area contributed by atoms with E-state index >= 15 is 0 Å². The van der Waals surface area contributed by atoms with Crippen molar-refractivity contribution in [3.63, 3.8) is 0 Å². The first kappa shape index (κ1) is 24.4. The molecule has 32 heavy (non-hydrogen) atoms. The van der Waals surface area contributed by atoms with Gasteiger partial charge in [0.25, 0.3) is 11.8 Å². The van der Waals surface area contributed by atoms with Crippen molar-refractivity contribution in [3.8, 4) is 0 Å². The van der Waals surface area contributed by atoms with Gasteiger partial charge in [0.05, 0.1) is 22.5 Å². The van der Waals surface area contributed by atoms with Crippen molar-refractivity contribution < 1.29 is 23.9 Å². The second-order valence-electron chi connectivity index (χ2n) is 7.98. The van der Waals surface area contributed by atoms with Crippen molar-refractivity contribution in [3.05, 3.63) is 59.7 Å². The molecular weight excluding hydrogens is 412 g/mol. The molecule has 2 aromatic rings. The second kappa shape index (κ2) is 10.4. The van der Waals surface area contributed by atoms with Gasteiger partial charge in [0.2, 0.25) is 5.91 Å². The number of hydrogen-bond acceptors (Lipinski definition) is 5. The van der Waals surface area contributed by atoms with Gasteiger partial charge in [-0.25, -0.2) is 4.79 Å². The molecule has 9 nitrogen and oxygen atoms in total. The average Bonchev–Trinajstić information content (AvgIpc) is 2.72. The minimum Gasteiger partial charge on any atom is -0.444 e. The number of hydrogen-bond donors (Lipinski definition) is 4. The van der Waals surface area contributed by atoms with Crippen LogP contribution in [0.25, 0.3) is 0 Å². The van der Waals surface area contributed by atoms with Crippen LogP contribution in [0.1, 0.15) is 48.4 Å². The molecule has 0 fully saturated rings. The van der Waals surface area contributed by atoms with Crippen molar-refractivity contribution in [2.24, 2.45) is 0 Å². The Kier molecular flexibility index (Phi) is 7.95. The summed E-state index contributed by atoms with van der Waals surface area (Å²) < 4.78 is 5.22. The van der Waals surface area contributed by atoms with Gasteiger partial charge < -0.3 is 20.7 Å². The topological polar surface area (TPSA) is 126 Å². The zero-order chi connectivity index (χ0) is 23.9. The lowest BCUT2D eigenvalue weighted by Gasteiger charge is -2.20. The summed E-state index contributed by atoms with van der Waals surface area (Å²) in [6.07, 6.45) is -0.700. The molecule has 0 aromatic heterocycles. The fraction of sp³-hybridized carbons (Fsp3) is 0.304. The van der Waals surface area contributed by atoms with E-state index in [9.17, 15) is 19.2 Å². The smallest absolute Gasteiger partial charge is 0.412 e. The molecular formula is C23H28N4O5. The van der Waals surface area contributed by atoms with Crippen LogP contribution in [0.4, 0.5) is 16.2 Å². The van der Waals surface area contributed by atoms with E-state index in [1.807, 2.05) is 0 Å². The Morgan fingerprint density at radius 1 is 0.812 bits per heavy atom. The van der Waals surface area contributed by atoms with Gasteiger partial charge in [-0.1, -0.05) is 24.3 Å². The lowest BCUT2D eigenvalue weighted by Crippen LogP contribution is -2.42. The number of nitrogens with one attached hydrogen (secondary N) is 4. The van der Waals surface area contributed by atoms with Crippen LogP contribution in [-0.2, 0) is 9.53 Å². The van der Waals surface area contributed by atoms with Crippen LogP contribution in [-0.4, -0.2) is 42.5 Å². The van der Waals surface area contributed by atoms with Crippen molar-refractivity contribution in [2.75, 3.05) is 17.7 Å². The minimum absolute atomic E-state index is 0.170. The van der Waals surface area contributed by atoms with E-state index in [0.29, 0.717) is 11.3 Å². The minimum atomic E-state index is -0.921. The molecule has 0 heterocycles. The van der Waals surface area contributed by atoms with Crippen molar-refractivity contribution in [2.45, 2.75) is 39.3 Å². The molecule has 0 radical (unpaired) electrons. The summed E-state index contributed by atoms with van der Waals surface area (Å²) in [4.78, 5) is 49.5. The quantitative estimate of drug-likeness (QED) is 0.549. The Hall–Kier alpha value is -3.88. The Bertz CT molecular complexity index is 1010. The first-order valence-corrected chi connectivity index (χ1v) is 10.0. The number of para-hydroxylation sites is 2. The van der Waals surface area contributed by atoms with Gasteiger partial charge in [0.15, 0.2) is 0 Å². The predicted molar refractivity (Wildman–Crippen MR) is 122 cm³/mol. The molecule has 2 aromatic carbocycles. The van der Waals surface area contributed by atoms with Gasteiger partial charge in [-0.3, -0.25) is 19.7 Å². The van der Waals surface area contributed by atoms with Gasteiger partial charge in [0.1, 0.15) is 11.6 Å². The third-order valence-corrected chi connectivity index (χ3v) is 4.20. The molecule has 9 heteroatoms. The van der Waals surface area contributed by atoms with Crippen LogP contribution in [0, 0.1) is 0 Å². The fourth-order valence-corrected chi connectivity index (χ4v) is 2.71. The first-order valence-electron chi connectivity index (χ1n) is 10.0. The van der Waals surface area contributed by atoms with Gasteiger partial charge in [-0.15, -0.1) is 0 Å². The molecule has 2 rings (SSSR count). The SMILES string of the molecule is CNC(=O)c1ccccc1NC(=O)[C@H](C)NC(=O)c1ccccc1NC(=O)OC(C)(C)C. The van der Waals surface area contributed by atoms with Crippen molar-refractivity contribution in [1.29, 1.82) is 0 Å². The largest absolute Gasteiger partial charge is 0.444 e. The van der Waals surface area contributed by atoms with Gasteiger partial charge in [0, 0.05) is 7.05 Å². The molecule has 0 spiro atoms.